The minimum atomic E-state index is 0.429. The van der Waals surface area contributed by atoms with Crippen molar-refractivity contribution in [2.75, 3.05) is 5.43 Å². The average molecular weight is 779 g/mol. The number of rotatable bonds is 15. The summed E-state index contributed by atoms with van der Waals surface area (Å²) in [4.78, 5) is 0. The van der Waals surface area contributed by atoms with Gasteiger partial charge in [-0.1, -0.05) is 209 Å². The van der Waals surface area contributed by atoms with E-state index in [4.69, 9.17) is 5.84 Å². The third-order valence-electron chi connectivity index (χ3n) is 11.4. The van der Waals surface area contributed by atoms with Crippen molar-refractivity contribution in [1.82, 2.24) is 0 Å². The molecule has 0 aromatic heterocycles. The monoisotopic (exact) mass is 778 g/mol. The zero-order valence-corrected chi connectivity index (χ0v) is 35.0. The van der Waals surface area contributed by atoms with Crippen molar-refractivity contribution < 1.29 is 0 Å². The molecular formula is C58H54N2. The van der Waals surface area contributed by atoms with E-state index in [1.54, 1.807) is 0 Å². The van der Waals surface area contributed by atoms with Crippen LogP contribution in [0.4, 0.5) is 5.69 Å². The van der Waals surface area contributed by atoms with Gasteiger partial charge in [-0.05, 0) is 128 Å². The van der Waals surface area contributed by atoms with Crippen LogP contribution in [-0.2, 0) is 0 Å². The number of allylic oxidation sites excluding steroid dienone is 7. The predicted molar refractivity (Wildman–Crippen MR) is 263 cm³/mol. The summed E-state index contributed by atoms with van der Waals surface area (Å²) < 4.78 is 0. The van der Waals surface area contributed by atoms with Crippen LogP contribution in [0.5, 0.6) is 0 Å². The lowest BCUT2D eigenvalue weighted by atomic mass is 9.87. The highest BCUT2D eigenvalue weighted by atomic mass is 15.2. The van der Waals surface area contributed by atoms with Gasteiger partial charge in [-0.2, -0.15) is 0 Å². The van der Waals surface area contributed by atoms with Crippen molar-refractivity contribution in [3.8, 4) is 22.3 Å². The largest absolute Gasteiger partial charge is 0.324 e. The van der Waals surface area contributed by atoms with Crippen molar-refractivity contribution in [2.45, 2.75) is 33.6 Å². The van der Waals surface area contributed by atoms with Crippen molar-refractivity contribution >= 4 is 45.3 Å². The van der Waals surface area contributed by atoms with Crippen LogP contribution in [0.15, 0.2) is 207 Å². The van der Waals surface area contributed by atoms with Gasteiger partial charge in [0.15, 0.2) is 0 Å². The predicted octanol–water partition coefficient (Wildman–Crippen LogP) is 15.7. The molecule has 0 spiro atoms. The SMILES string of the molecule is C=C(/C=C\C=C(/CC(=C)c1ccccc1/C=C\C)C(C)CC)c1cccc(-c2ccc(NN)c(-c3c(C=C(c4ccccc4)c4ccccc4)ccc4ccccc34)c2)c1. The molecule has 0 aliphatic rings. The Morgan fingerprint density at radius 3 is 2.07 bits per heavy atom. The van der Waals surface area contributed by atoms with Gasteiger partial charge in [0.05, 0.1) is 5.69 Å². The summed E-state index contributed by atoms with van der Waals surface area (Å²) in [6, 6.07) is 57.9. The van der Waals surface area contributed by atoms with E-state index in [1.807, 2.05) is 0 Å². The van der Waals surface area contributed by atoms with Gasteiger partial charge >= 0.3 is 0 Å². The Balaban J connectivity index is 1.24. The van der Waals surface area contributed by atoms with E-state index in [0.29, 0.717) is 5.92 Å². The zero-order valence-electron chi connectivity index (χ0n) is 35.0. The average Bonchev–Trinajstić information content (AvgIpc) is 3.30. The molecule has 296 valence electrons. The van der Waals surface area contributed by atoms with Crippen LogP contribution >= 0.6 is 0 Å². The maximum atomic E-state index is 6.29. The first-order valence-corrected chi connectivity index (χ1v) is 20.9. The molecule has 0 radical (unpaired) electrons. The summed E-state index contributed by atoms with van der Waals surface area (Å²) in [5.74, 6) is 6.72. The van der Waals surface area contributed by atoms with E-state index in [9.17, 15) is 0 Å². The van der Waals surface area contributed by atoms with Gasteiger partial charge < -0.3 is 5.43 Å². The van der Waals surface area contributed by atoms with Crippen LogP contribution < -0.4 is 11.3 Å². The summed E-state index contributed by atoms with van der Waals surface area (Å²) in [7, 11) is 0. The van der Waals surface area contributed by atoms with Gasteiger partial charge in [0.1, 0.15) is 0 Å². The number of nitrogens with two attached hydrogens (primary N) is 1. The van der Waals surface area contributed by atoms with Crippen LogP contribution in [0, 0.1) is 5.92 Å². The number of nitrogen functional groups attached to an aromatic ring is 1. The fourth-order valence-electron chi connectivity index (χ4n) is 7.92. The van der Waals surface area contributed by atoms with E-state index >= 15 is 0 Å². The van der Waals surface area contributed by atoms with Crippen molar-refractivity contribution in [2.24, 2.45) is 11.8 Å². The van der Waals surface area contributed by atoms with E-state index in [2.05, 4.69) is 240 Å². The smallest absolute Gasteiger partial charge is 0.0564 e. The molecule has 60 heavy (non-hydrogen) atoms. The number of fused-ring (bicyclic) bond motifs is 1. The maximum absolute atomic E-state index is 6.29. The van der Waals surface area contributed by atoms with Crippen molar-refractivity contribution in [3.05, 3.63) is 240 Å². The zero-order chi connectivity index (χ0) is 41.8. The Bertz CT molecular complexity index is 2700. The summed E-state index contributed by atoms with van der Waals surface area (Å²) in [5.41, 5.74) is 19.7. The molecule has 7 aromatic carbocycles. The highest BCUT2D eigenvalue weighted by molar-refractivity contribution is 6.06. The quantitative estimate of drug-likeness (QED) is 0.0471. The lowest BCUT2D eigenvalue weighted by Gasteiger charge is -2.18. The summed E-state index contributed by atoms with van der Waals surface area (Å²) in [6.07, 6.45) is 15.0. The Morgan fingerprint density at radius 2 is 1.35 bits per heavy atom. The highest BCUT2D eigenvalue weighted by Crippen LogP contribution is 2.41. The lowest BCUT2D eigenvalue weighted by molar-refractivity contribution is 0.644. The second kappa shape index (κ2) is 19.6. The molecule has 0 bridgehead atoms. The van der Waals surface area contributed by atoms with Gasteiger partial charge in [0, 0.05) is 5.56 Å². The molecule has 0 aliphatic heterocycles. The molecule has 2 nitrogen and oxygen atoms in total. The third-order valence-corrected chi connectivity index (χ3v) is 11.4. The van der Waals surface area contributed by atoms with E-state index < -0.39 is 0 Å². The van der Waals surface area contributed by atoms with Gasteiger partial charge in [-0.15, -0.1) is 0 Å². The molecule has 0 fully saturated rings. The normalized spacial score (nSPS) is 12.2. The molecule has 7 rings (SSSR count). The van der Waals surface area contributed by atoms with E-state index in [0.717, 1.165) is 90.5 Å². The van der Waals surface area contributed by atoms with Crippen LogP contribution in [0.25, 0.3) is 61.9 Å². The van der Waals surface area contributed by atoms with Crippen molar-refractivity contribution in [1.29, 1.82) is 0 Å². The molecule has 0 saturated carbocycles. The molecular weight excluding hydrogens is 725 g/mol. The van der Waals surface area contributed by atoms with Crippen LogP contribution in [0.3, 0.4) is 0 Å². The minimum absolute atomic E-state index is 0.429. The van der Waals surface area contributed by atoms with E-state index in [1.165, 1.54) is 16.7 Å². The molecule has 0 aliphatic carbocycles. The third kappa shape index (κ3) is 9.48. The first-order chi connectivity index (χ1) is 29.4. The topological polar surface area (TPSA) is 38.0 Å². The van der Waals surface area contributed by atoms with Crippen LogP contribution in [-0.4, -0.2) is 0 Å². The Labute approximate surface area is 357 Å². The summed E-state index contributed by atoms with van der Waals surface area (Å²) in [5, 5.41) is 2.32. The fraction of sp³-hybridized carbons (Fsp3) is 0.103. The molecule has 1 atom stereocenters. The molecule has 0 saturated heterocycles. The lowest BCUT2D eigenvalue weighted by Crippen LogP contribution is -2.08. The van der Waals surface area contributed by atoms with Crippen LogP contribution in [0.2, 0.25) is 0 Å². The highest BCUT2D eigenvalue weighted by Gasteiger charge is 2.17. The van der Waals surface area contributed by atoms with Gasteiger partial charge in [0.25, 0.3) is 0 Å². The molecule has 3 N–H and O–H groups in total. The minimum Gasteiger partial charge on any atom is -0.324 e. The number of nitrogens with one attached hydrogen (secondary N) is 1. The molecule has 7 aromatic rings. The van der Waals surface area contributed by atoms with Crippen molar-refractivity contribution in [3.63, 3.8) is 0 Å². The fourth-order valence-corrected chi connectivity index (χ4v) is 7.92. The molecule has 0 amide bonds. The summed E-state index contributed by atoms with van der Waals surface area (Å²) >= 11 is 0. The first-order valence-electron chi connectivity index (χ1n) is 20.9. The number of hydrazine groups is 1. The van der Waals surface area contributed by atoms with Gasteiger partial charge in [-0.3, -0.25) is 5.84 Å². The number of hydrogen-bond donors (Lipinski definition) is 2. The molecule has 1 unspecified atom stereocenters. The van der Waals surface area contributed by atoms with Gasteiger partial charge in [0.2, 0.25) is 0 Å². The second-order valence-corrected chi connectivity index (χ2v) is 15.3. The van der Waals surface area contributed by atoms with Gasteiger partial charge in [-0.25, -0.2) is 0 Å². The standard InChI is InChI=1S/C58H54N2/c1-6-20-44-26-14-16-31-53(44)43(5)37-48(41(3)7-2)28-18-21-42(4)49-29-19-30-50(38-49)51-35-36-57(60-59)56(39-51)58-52(34-33-47-27-15-17-32-54(47)58)40-55(45-22-10-8-11-23-45)46-24-12-9-13-25-46/h6,8-36,38-41,60H,4-5,7,37,59H2,1-3H3/b20-6-,21-18-,48-28+. The second-order valence-electron chi connectivity index (χ2n) is 15.3. The Morgan fingerprint density at radius 1 is 0.683 bits per heavy atom. The number of benzene rings is 7. The molecule has 2 heteroatoms. The Hall–Kier alpha value is -7.00. The maximum Gasteiger partial charge on any atom is 0.0564 e. The number of anilines is 1. The van der Waals surface area contributed by atoms with Crippen LogP contribution in [0.1, 0.15) is 67.0 Å². The first kappa shape index (κ1) is 41.2. The number of hydrogen-bond acceptors (Lipinski definition) is 2. The summed E-state index contributed by atoms with van der Waals surface area (Å²) in [6.45, 7) is 15.6. The molecule has 0 heterocycles. The Kier molecular flexibility index (Phi) is 13.5. The van der Waals surface area contributed by atoms with E-state index in [-0.39, 0.29) is 0 Å².